The van der Waals surface area contributed by atoms with Crippen LogP contribution in [0.5, 0.6) is 5.75 Å². The van der Waals surface area contributed by atoms with Crippen LogP contribution in [0.3, 0.4) is 0 Å². The topological polar surface area (TPSA) is 157 Å². The van der Waals surface area contributed by atoms with Crippen LogP contribution < -0.4 is 4.74 Å². The number of nitrogens with zero attached hydrogens (tertiary/aromatic N) is 4. The first kappa shape index (κ1) is 27.2. The van der Waals surface area contributed by atoms with Gasteiger partial charge in [-0.25, -0.2) is 4.79 Å². The molecule has 204 valence electrons. The van der Waals surface area contributed by atoms with Crippen molar-refractivity contribution in [3.8, 4) is 5.75 Å². The van der Waals surface area contributed by atoms with Gasteiger partial charge in [-0.1, -0.05) is 0 Å². The highest BCUT2D eigenvalue weighted by atomic mass is 16.7. The zero-order valence-corrected chi connectivity index (χ0v) is 21.2. The Balaban J connectivity index is 1.23. The van der Waals surface area contributed by atoms with Crippen LogP contribution in [-0.4, -0.2) is 88.7 Å². The number of carbonyl (C=O) groups is 5. The van der Waals surface area contributed by atoms with Gasteiger partial charge in [-0.15, -0.1) is 0 Å². The molecule has 0 spiro atoms. The second kappa shape index (κ2) is 11.7. The van der Waals surface area contributed by atoms with Crippen molar-refractivity contribution in [3.63, 3.8) is 0 Å². The molecular formula is C26H26N4O9. The second-order valence-corrected chi connectivity index (χ2v) is 8.83. The van der Waals surface area contributed by atoms with E-state index in [9.17, 15) is 34.1 Å². The summed E-state index contributed by atoms with van der Waals surface area (Å²) in [4.78, 5) is 76.7. The summed E-state index contributed by atoms with van der Waals surface area (Å²) in [6.45, 7) is 3.21. The van der Waals surface area contributed by atoms with Crippen molar-refractivity contribution in [2.24, 2.45) is 0 Å². The van der Waals surface area contributed by atoms with Crippen molar-refractivity contribution < 1.29 is 38.4 Å². The minimum Gasteiger partial charge on any atom is -0.434 e. The van der Waals surface area contributed by atoms with Gasteiger partial charge in [-0.2, -0.15) is 0 Å². The predicted octanol–water partition coefficient (Wildman–Crippen LogP) is 2.49. The van der Waals surface area contributed by atoms with E-state index < -0.39 is 22.9 Å². The number of amides is 4. The molecule has 0 unspecified atom stereocenters. The molecule has 2 aromatic carbocycles. The summed E-state index contributed by atoms with van der Waals surface area (Å²) in [7, 11) is 0. The Morgan fingerprint density at radius 2 is 1.56 bits per heavy atom. The molecule has 4 amide bonds. The fraction of sp³-hybridized carbons (Fsp3) is 0.346. The third-order valence-electron chi connectivity index (χ3n) is 6.42. The largest absolute Gasteiger partial charge is 0.513 e. The van der Waals surface area contributed by atoms with Gasteiger partial charge in [0.1, 0.15) is 5.75 Å². The van der Waals surface area contributed by atoms with Crippen LogP contribution in [-0.2, 0) is 9.53 Å². The fourth-order valence-corrected chi connectivity index (χ4v) is 4.39. The normalized spacial score (nSPS) is 14.7. The first-order chi connectivity index (χ1) is 18.7. The number of piperazine rings is 1. The smallest absolute Gasteiger partial charge is 0.434 e. The number of non-ortho nitro benzene ring substituents is 1. The van der Waals surface area contributed by atoms with Gasteiger partial charge in [-0.05, 0) is 43.7 Å². The summed E-state index contributed by atoms with van der Waals surface area (Å²) in [5.41, 5.74) is 0.239. The molecule has 0 saturated carbocycles. The van der Waals surface area contributed by atoms with E-state index in [1.807, 2.05) is 0 Å². The van der Waals surface area contributed by atoms with E-state index in [2.05, 4.69) is 0 Å². The molecule has 1 saturated heterocycles. The van der Waals surface area contributed by atoms with Crippen molar-refractivity contribution in [1.82, 2.24) is 14.7 Å². The highest BCUT2D eigenvalue weighted by Crippen LogP contribution is 2.27. The van der Waals surface area contributed by atoms with E-state index in [1.165, 1.54) is 24.3 Å². The maximum Gasteiger partial charge on any atom is 0.513 e. The van der Waals surface area contributed by atoms with E-state index in [4.69, 9.17) is 9.47 Å². The summed E-state index contributed by atoms with van der Waals surface area (Å²) in [5.74, 6) is -1.27. The summed E-state index contributed by atoms with van der Waals surface area (Å²) in [6, 6.07) is 9.63. The Morgan fingerprint density at radius 3 is 2.21 bits per heavy atom. The van der Waals surface area contributed by atoms with Crippen LogP contribution in [0.4, 0.5) is 10.5 Å². The molecule has 0 aromatic heterocycles. The molecule has 0 aliphatic carbocycles. The Labute approximate surface area is 223 Å². The quantitative estimate of drug-likeness (QED) is 0.162. The number of ether oxygens (including phenoxy) is 2. The number of fused-ring (bicyclic) bond motifs is 1. The molecule has 2 aliphatic rings. The highest BCUT2D eigenvalue weighted by molar-refractivity contribution is 6.21. The first-order valence-corrected chi connectivity index (χ1v) is 12.4. The van der Waals surface area contributed by atoms with E-state index in [0.717, 1.165) is 11.0 Å². The molecule has 2 aliphatic heterocycles. The zero-order valence-electron chi connectivity index (χ0n) is 21.2. The van der Waals surface area contributed by atoms with Gasteiger partial charge in [0.25, 0.3) is 23.4 Å². The summed E-state index contributed by atoms with van der Waals surface area (Å²) >= 11 is 0. The second-order valence-electron chi connectivity index (χ2n) is 8.83. The minimum absolute atomic E-state index is 0.0116. The Morgan fingerprint density at radius 1 is 0.923 bits per heavy atom. The third kappa shape index (κ3) is 6.03. The van der Waals surface area contributed by atoms with E-state index >= 15 is 0 Å². The molecule has 39 heavy (non-hydrogen) atoms. The van der Waals surface area contributed by atoms with E-state index in [-0.39, 0.29) is 60.4 Å². The Kier molecular flexibility index (Phi) is 8.18. The molecule has 4 rings (SSSR count). The van der Waals surface area contributed by atoms with Crippen LogP contribution >= 0.6 is 0 Å². The maximum atomic E-state index is 12.8. The molecule has 0 N–H and O–H groups in total. The average molecular weight is 539 g/mol. The Bertz CT molecular complexity index is 1320. The maximum absolute atomic E-state index is 12.8. The van der Waals surface area contributed by atoms with E-state index in [0.29, 0.717) is 31.7 Å². The molecule has 1 fully saturated rings. The van der Waals surface area contributed by atoms with Crippen LogP contribution in [0.2, 0.25) is 0 Å². The van der Waals surface area contributed by atoms with Gasteiger partial charge in [0.15, 0.2) is 0 Å². The van der Waals surface area contributed by atoms with Crippen molar-refractivity contribution in [2.45, 2.75) is 19.8 Å². The van der Waals surface area contributed by atoms with Gasteiger partial charge < -0.3 is 19.3 Å². The van der Waals surface area contributed by atoms with Crippen LogP contribution in [0.25, 0.3) is 0 Å². The molecule has 13 nitrogen and oxygen atoms in total. The number of hydrogen-bond acceptors (Lipinski definition) is 9. The minimum atomic E-state index is -0.827. The molecule has 2 aromatic rings. The lowest BCUT2D eigenvalue weighted by atomic mass is 10.1. The van der Waals surface area contributed by atoms with Crippen LogP contribution in [0.1, 0.15) is 50.8 Å². The predicted molar refractivity (Wildman–Crippen MR) is 134 cm³/mol. The number of nitro groups is 1. The molecule has 0 atom stereocenters. The van der Waals surface area contributed by atoms with Crippen molar-refractivity contribution in [3.05, 3.63) is 69.3 Å². The van der Waals surface area contributed by atoms with Gasteiger partial charge >= 0.3 is 6.16 Å². The van der Waals surface area contributed by atoms with Crippen LogP contribution in [0, 0.1) is 10.1 Å². The molecular weight excluding hydrogens is 512 g/mol. The summed E-state index contributed by atoms with van der Waals surface area (Å²) in [6.07, 6.45) is -0.484. The molecule has 0 bridgehead atoms. The van der Waals surface area contributed by atoms with Gasteiger partial charge in [-0.3, -0.25) is 34.2 Å². The lowest BCUT2D eigenvalue weighted by Crippen LogP contribution is -2.50. The number of imide groups is 1. The van der Waals surface area contributed by atoms with Crippen molar-refractivity contribution in [1.29, 1.82) is 0 Å². The van der Waals surface area contributed by atoms with Crippen molar-refractivity contribution in [2.75, 3.05) is 39.3 Å². The zero-order chi connectivity index (χ0) is 28.1. The lowest BCUT2D eigenvalue weighted by molar-refractivity contribution is -0.384. The fourth-order valence-electron chi connectivity index (χ4n) is 4.39. The molecule has 0 radical (unpaired) electrons. The third-order valence-corrected chi connectivity index (χ3v) is 6.42. The van der Waals surface area contributed by atoms with Gasteiger partial charge in [0.05, 0.1) is 22.7 Å². The van der Waals surface area contributed by atoms with Crippen molar-refractivity contribution >= 4 is 35.5 Å². The number of benzene rings is 2. The Hall–Kier alpha value is -4.81. The average Bonchev–Trinajstić information content (AvgIpc) is 3.17. The highest BCUT2D eigenvalue weighted by Gasteiger charge is 2.36. The number of nitro benzene ring substituents is 1. The SMILES string of the molecule is CCOC(=O)Oc1ccc(C(=O)N2CCN(C(=O)CCCN3C(=O)c4ccc([N+](=O)[O-])cc4C3=O)CC2)cc1. The van der Waals surface area contributed by atoms with E-state index in [1.54, 1.807) is 28.9 Å². The van der Waals surface area contributed by atoms with Gasteiger partial charge in [0, 0.05) is 56.8 Å². The standard InChI is InChI=1S/C26H26N4O9/c1-2-38-26(35)39-19-8-5-17(6-9-19)23(32)28-14-12-27(13-15-28)22(31)4-3-11-29-24(33)20-10-7-18(30(36)37)16-21(20)25(29)34/h5-10,16H,2-4,11-15H2,1H3. The molecule has 2 heterocycles. The first-order valence-electron chi connectivity index (χ1n) is 12.4. The van der Waals surface area contributed by atoms with Crippen LogP contribution in [0.15, 0.2) is 42.5 Å². The number of rotatable bonds is 8. The number of hydrogen-bond donors (Lipinski definition) is 0. The molecule has 13 heteroatoms. The monoisotopic (exact) mass is 538 g/mol. The summed E-state index contributed by atoms with van der Waals surface area (Å²) in [5, 5.41) is 11.0. The lowest BCUT2D eigenvalue weighted by Gasteiger charge is -2.35. The summed E-state index contributed by atoms with van der Waals surface area (Å²) < 4.78 is 9.70. The van der Waals surface area contributed by atoms with Gasteiger partial charge in [0.2, 0.25) is 5.91 Å². The number of carbonyl (C=O) groups excluding carboxylic acids is 5.